The number of hydrogen-bond donors (Lipinski definition) is 0. The molecule has 1 aromatic rings. The van der Waals surface area contributed by atoms with Crippen LogP contribution in [0.15, 0.2) is 28.1 Å². The quantitative estimate of drug-likeness (QED) is 0.765. The maximum atomic E-state index is 12.3. The summed E-state index contributed by atoms with van der Waals surface area (Å²) in [5, 5.41) is 0.834. The summed E-state index contributed by atoms with van der Waals surface area (Å²) in [6, 6.07) is 5.68. The molecule has 0 aromatic heterocycles. The lowest BCUT2D eigenvalue weighted by atomic mass is 10.0. The Morgan fingerprint density at radius 3 is 2.96 bits per heavy atom. The van der Waals surface area contributed by atoms with E-state index < -0.39 is 0 Å². The molecule has 0 spiro atoms. The zero-order valence-electron chi connectivity index (χ0n) is 14.9. The molecule has 134 valence electrons. The zero-order chi connectivity index (χ0) is 17.8. The molecular formula is C19H24N2O3S. The van der Waals surface area contributed by atoms with Gasteiger partial charge in [0.05, 0.1) is 18.6 Å². The van der Waals surface area contributed by atoms with E-state index in [2.05, 4.69) is 16.8 Å². The summed E-state index contributed by atoms with van der Waals surface area (Å²) in [5.41, 5.74) is 0.902. The molecule has 6 heteroatoms. The van der Waals surface area contributed by atoms with E-state index in [1.807, 2.05) is 31.2 Å². The van der Waals surface area contributed by atoms with Gasteiger partial charge in [-0.2, -0.15) is 4.99 Å². The van der Waals surface area contributed by atoms with Crippen LogP contribution in [0.1, 0.15) is 32.3 Å². The van der Waals surface area contributed by atoms with E-state index in [9.17, 15) is 4.79 Å². The maximum Gasteiger partial charge on any atom is 0.286 e. The number of carbonyl (C=O) groups excluding carboxylic acids is 1. The molecule has 5 nitrogen and oxygen atoms in total. The van der Waals surface area contributed by atoms with E-state index in [-0.39, 0.29) is 5.91 Å². The molecule has 1 atom stereocenters. The van der Waals surface area contributed by atoms with Crippen molar-refractivity contribution in [3.05, 3.63) is 28.7 Å². The number of nitrogens with zero attached hydrogens (tertiary/aromatic N) is 2. The molecule has 3 rings (SSSR count). The molecule has 1 fully saturated rings. The van der Waals surface area contributed by atoms with Gasteiger partial charge in [-0.1, -0.05) is 13.0 Å². The topological polar surface area (TPSA) is 51.1 Å². The van der Waals surface area contributed by atoms with Gasteiger partial charge in [0.25, 0.3) is 5.91 Å². The van der Waals surface area contributed by atoms with E-state index in [4.69, 9.17) is 9.47 Å². The van der Waals surface area contributed by atoms with Gasteiger partial charge >= 0.3 is 0 Å². The van der Waals surface area contributed by atoms with Crippen LogP contribution in [0.3, 0.4) is 0 Å². The number of benzene rings is 1. The van der Waals surface area contributed by atoms with Crippen LogP contribution in [-0.2, 0) is 4.79 Å². The molecule has 0 bridgehead atoms. The summed E-state index contributed by atoms with van der Waals surface area (Å²) in [6.45, 7) is 6.72. The van der Waals surface area contributed by atoms with Gasteiger partial charge in [0.1, 0.15) is 0 Å². The van der Waals surface area contributed by atoms with Crippen LogP contribution in [0.4, 0.5) is 0 Å². The second-order valence-electron chi connectivity index (χ2n) is 6.35. The molecule has 1 saturated heterocycles. The molecular weight excluding hydrogens is 336 g/mol. The molecule has 25 heavy (non-hydrogen) atoms. The van der Waals surface area contributed by atoms with Crippen LogP contribution >= 0.6 is 11.8 Å². The summed E-state index contributed by atoms with van der Waals surface area (Å²) in [6.07, 6.45) is 4.27. The molecule has 2 aliphatic rings. The Labute approximate surface area is 153 Å². The molecule has 0 N–H and O–H groups in total. The highest BCUT2D eigenvalue weighted by molar-refractivity contribution is 8.18. The number of aliphatic imine (C=N–C) groups is 1. The van der Waals surface area contributed by atoms with Crippen LogP contribution in [0.5, 0.6) is 11.5 Å². The Morgan fingerprint density at radius 2 is 2.24 bits per heavy atom. The van der Waals surface area contributed by atoms with E-state index in [1.54, 1.807) is 7.11 Å². The number of rotatable bonds is 4. The Bertz CT molecular complexity index is 715. The van der Waals surface area contributed by atoms with Crippen molar-refractivity contribution in [2.24, 2.45) is 10.9 Å². The van der Waals surface area contributed by atoms with E-state index in [0.717, 1.165) is 30.2 Å². The normalized spacial score (nSPS) is 22.3. The third kappa shape index (κ3) is 4.18. The predicted molar refractivity (Wildman–Crippen MR) is 102 cm³/mol. The standard InChI is InChI=1S/C19H24N2O3S/c1-4-24-15-8-7-14(10-16(15)23-3)11-17-18(22)20-19(25-17)21-9-5-6-13(2)12-21/h7-8,10-11,13H,4-6,9,12H2,1-3H3/b17-11-/t13-/m1/s1. The molecule has 0 saturated carbocycles. The Morgan fingerprint density at radius 1 is 1.40 bits per heavy atom. The fourth-order valence-corrected chi connectivity index (χ4v) is 4.04. The predicted octanol–water partition coefficient (Wildman–Crippen LogP) is 3.80. The first-order valence-electron chi connectivity index (χ1n) is 8.69. The Hall–Kier alpha value is -1.95. The molecule has 2 aliphatic heterocycles. The minimum absolute atomic E-state index is 0.161. The largest absolute Gasteiger partial charge is 0.493 e. The van der Waals surface area contributed by atoms with E-state index in [0.29, 0.717) is 28.9 Å². The maximum absolute atomic E-state index is 12.3. The lowest BCUT2D eigenvalue weighted by Gasteiger charge is -2.31. The number of piperidine rings is 1. The van der Waals surface area contributed by atoms with Gasteiger partial charge in [0.2, 0.25) is 0 Å². The second kappa shape index (κ2) is 7.95. The van der Waals surface area contributed by atoms with Crippen LogP contribution in [0.25, 0.3) is 6.08 Å². The highest BCUT2D eigenvalue weighted by Crippen LogP contribution is 2.34. The minimum Gasteiger partial charge on any atom is -0.493 e. The van der Waals surface area contributed by atoms with Gasteiger partial charge in [-0.3, -0.25) is 4.79 Å². The summed E-state index contributed by atoms with van der Waals surface area (Å²) in [7, 11) is 1.61. The Kier molecular flexibility index (Phi) is 5.68. The first kappa shape index (κ1) is 17.9. The first-order chi connectivity index (χ1) is 12.1. The van der Waals surface area contributed by atoms with Gasteiger partial charge < -0.3 is 14.4 Å². The Balaban J connectivity index is 1.75. The molecule has 1 aromatic carbocycles. The highest BCUT2D eigenvalue weighted by atomic mass is 32.2. The lowest BCUT2D eigenvalue weighted by Crippen LogP contribution is -2.37. The minimum atomic E-state index is -0.161. The fraction of sp³-hybridized carbons (Fsp3) is 0.474. The summed E-state index contributed by atoms with van der Waals surface area (Å²) in [4.78, 5) is 19.4. The van der Waals surface area contributed by atoms with Crippen molar-refractivity contribution in [2.75, 3.05) is 26.8 Å². The lowest BCUT2D eigenvalue weighted by molar-refractivity contribution is -0.113. The number of thioether (sulfide) groups is 1. The van der Waals surface area contributed by atoms with Gasteiger partial charge in [-0.15, -0.1) is 0 Å². The third-order valence-corrected chi connectivity index (χ3v) is 5.37. The van der Waals surface area contributed by atoms with Gasteiger partial charge in [0, 0.05) is 13.1 Å². The first-order valence-corrected chi connectivity index (χ1v) is 9.50. The van der Waals surface area contributed by atoms with Crippen molar-refractivity contribution < 1.29 is 14.3 Å². The number of amides is 1. The summed E-state index contributed by atoms with van der Waals surface area (Å²) in [5.74, 6) is 1.86. The summed E-state index contributed by atoms with van der Waals surface area (Å²) < 4.78 is 10.9. The number of methoxy groups -OCH3 is 1. The molecule has 0 unspecified atom stereocenters. The molecule has 2 heterocycles. The number of amidine groups is 1. The average molecular weight is 360 g/mol. The highest BCUT2D eigenvalue weighted by Gasteiger charge is 2.28. The average Bonchev–Trinajstić information content (AvgIpc) is 2.97. The van der Waals surface area contributed by atoms with Gasteiger partial charge in [0.15, 0.2) is 16.7 Å². The molecule has 0 aliphatic carbocycles. The second-order valence-corrected chi connectivity index (χ2v) is 7.36. The van der Waals surface area contributed by atoms with Crippen molar-refractivity contribution in [1.29, 1.82) is 0 Å². The van der Waals surface area contributed by atoms with E-state index in [1.165, 1.54) is 18.2 Å². The smallest absolute Gasteiger partial charge is 0.286 e. The third-order valence-electron chi connectivity index (χ3n) is 4.32. The van der Waals surface area contributed by atoms with E-state index >= 15 is 0 Å². The van der Waals surface area contributed by atoms with Crippen LogP contribution < -0.4 is 9.47 Å². The molecule has 1 amide bonds. The van der Waals surface area contributed by atoms with Crippen LogP contribution in [0.2, 0.25) is 0 Å². The van der Waals surface area contributed by atoms with Crippen molar-refractivity contribution in [1.82, 2.24) is 4.90 Å². The van der Waals surface area contributed by atoms with Gasteiger partial charge in [-0.05, 0) is 61.2 Å². The summed E-state index contributed by atoms with van der Waals surface area (Å²) >= 11 is 1.47. The van der Waals surface area contributed by atoms with Crippen LogP contribution in [-0.4, -0.2) is 42.8 Å². The van der Waals surface area contributed by atoms with Crippen LogP contribution in [0, 0.1) is 5.92 Å². The number of likely N-dealkylation sites (tertiary alicyclic amines) is 1. The van der Waals surface area contributed by atoms with Crippen molar-refractivity contribution in [3.63, 3.8) is 0 Å². The number of ether oxygens (including phenoxy) is 2. The molecule has 0 radical (unpaired) electrons. The fourth-order valence-electron chi connectivity index (χ4n) is 3.10. The number of hydrogen-bond acceptors (Lipinski definition) is 5. The van der Waals surface area contributed by atoms with Gasteiger partial charge in [-0.25, -0.2) is 0 Å². The van der Waals surface area contributed by atoms with Crippen molar-refractivity contribution in [2.45, 2.75) is 26.7 Å². The monoisotopic (exact) mass is 360 g/mol. The number of carbonyl (C=O) groups is 1. The van der Waals surface area contributed by atoms with Crippen molar-refractivity contribution >= 4 is 28.9 Å². The SMILES string of the molecule is CCOc1ccc(/C=C2\SC(N3CCC[C@@H](C)C3)=NC2=O)cc1OC. The van der Waals surface area contributed by atoms with Crippen molar-refractivity contribution in [3.8, 4) is 11.5 Å². The zero-order valence-corrected chi connectivity index (χ0v) is 15.8.